The summed E-state index contributed by atoms with van der Waals surface area (Å²) in [5.74, 6) is 2.41. The van der Waals surface area contributed by atoms with Crippen molar-refractivity contribution in [1.29, 1.82) is 5.26 Å². The third-order valence-electron chi connectivity index (χ3n) is 6.69. The summed E-state index contributed by atoms with van der Waals surface area (Å²) in [5.41, 5.74) is 1.20. The van der Waals surface area contributed by atoms with Gasteiger partial charge in [-0.15, -0.1) is 13.2 Å². The van der Waals surface area contributed by atoms with Gasteiger partial charge in [0.1, 0.15) is 18.3 Å². The van der Waals surface area contributed by atoms with Crippen molar-refractivity contribution in [2.24, 2.45) is 5.92 Å². The summed E-state index contributed by atoms with van der Waals surface area (Å²) >= 11 is 0. The predicted molar refractivity (Wildman–Crippen MR) is 150 cm³/mol. The lowest BCUT2D eigenvalue weighted by Crippen LogP contribution is -2.56. The SMILES string of the molecule is CCC(C)[C@@H](NS(=O)(=O)N1CCN(c2ccc(C#Cc3ccc(OC(F)(F)F)c(C(=O)NCC#N)c3)cc2)CC1)C(=O)O. The van der Waals surface area contributed by atoms with Gasteiger partial charge in [-0.3, -0.25) is 9.59 Å². The number of anilines is 1. The van der Waals surface area contributed by atoms with Gasteiger partial charge >= 0.3 is 12.3 Å². The summed E-state index contributed by atoms with van der Waals surface area (Å²) in [6.45, 7) is 4.11. The number of hydrogen-bond acceptors (Lipinski definition) is 7. The van der Waals surface area contributed by atoms with E-state index in [9.17, 15) is 36.3 Å². The molecule has 2 atom stereocenters. The van der Waals surface area contributed by atoms with Crippen LogP contribution in [0.1, 0.15) is 41.8 Å². The van der Waals surface area contributed by atoms with Crippen molar-refractivity contribution in [3.8, 4) is 23.7 Å². The van der Waals surface area contributed by atoms with Gasteiger partial charge in [0.05, 0.1) is 11.6 Å². The number of piperazine rings is 1. The number of nitrogens with one attached hydrogen (secondary N) is 2. The molecule has 1 saturated heterocycles. The van der Waals surface area contributed by atoms with Crippen molar-refractivity contribution in [3.05, 3.63) is 59.2 Å². The normalized spacial score (nSPS) is 15.4. The van der Waals surface area contributed by atoms with E-state index in [1.54, 1.807) is 44.2 Å². The Kier molecular flexibility index (Phi) is 11.0. The monoisotopic (exact) mass is 621 g/mol. The second-order valence-electron chi connectivity index (χ2n) is 9.61. The van der Waals surface area contributed by atoms with E-state index in [2.05, 4.69) is 26.6 Å². The van der Waals surface area contributed by atoms with Crippen molar-refractivity contribution >= 4 is 27.8 Å². The molecule has 1 unspecified atom stereocenters. The smallest absolute Gasteiger partial charge is 0.480 e. The van der Waals surface area contributed by atoms with Gasteiger partial charge in [-0.25, -0.2) is 0 Å². The molecule has 0 radical (unpaired) electrons. The minimum absolute atomic E-state index is 0.155. The van der Waals surface area contributed by atoms with Crippen LogP contribution in [0, 0.1) is 29.1 Å². The first kappa shape index (κ1) is 33.2. The van der Waals surface area contributed by atoms with Gasteiger partial charge in [0.2, 0.25) is 0 Å². The van der Waals surface area contributed by atoms with Gasteiger partial charge in [0.15, 0.2) is 0 Å². The molecular formula is C28H30F3N5O6S. The topological polar surface area (TPSA) is 152 Å². The van der Waals surface area contributed by atoms with Crippen molar-refractivity contribution in [1.82, 2.24) is 14.3 Å². The van der Waals surface area contributed by atoms with E-state index in [0.29, 0.717) is 25.1 Å². The summed E-state index contributed by atoms with van der Waals surface area (Å²) in [5, 5.41) is 20.3. The first-order valence-corrected chi connectivity index (χ1v) is 14.6. The number of carbonyl (C=O) groups excluding carboxylic acids is 1. The Bertz CT molecular complexity index is 1520. The number of rotatable bonds is 10. The van der Waals surface area contributed by atoms with Crippen LogP contribution in [0.2, 0.25) is 0 Å². The summed E-state index contributed by atoms with van der Waals surface area (Å²) in [6, 6.07) is 10.9. The van der Waals surface area contributed by atoms with Crippen LogP contribution < -0.4 is 19.7 Å². The Morgan fingerprint density at radius 1 is 1.07 bits per heavy atom. The van der Waals surface area contributed by atoms with Crippen LogP contribution in [0.15, 0.2) is 42.5 Å². The number of aliphatic carboxylic acids is 1. The predicted octanol–water partition coefficient (Wildman–Crippen LogP) is 2.69. The Morgan fingerprint density at radius 2 is 1.67 bits per heavy atom. The molecule has 0 aliphatic carbocycles. The number of carbonyl (C=O) groups is 2. The zero-order chi connectivity index (χ0) is 31.8. The minimum Gasteiger partial charge on any atom is -0.480 e. The highest BCUT2D eigenvalue weighted by Crippen LogP contribution is 2.27. The first-order valence-electron chi connectivity index (χ1n) is 13.2. The van der Waals surface area contributed by atoms with E-state index >= 15 is 0 Å². The second-order valence-corrected chi connectivity index (χ2v) is 11.3. The Hall–Kier alpha value is -4.31. The summed E-state index contributed by atoms with van der Waals surface area (Å²) in [4.78, 5) is 25.8. The maximum Gasteiger partial charge on any atom is 0.573 e. The van der Waals surface area contributed by atoms with E-state index in [0.717, 1.165) is 17.8 Å². The molecule has 1 aliphatic heterocycles. The highest BCUT2D eigenvalue weighted by atomic mass is 32.2. The molecule has 0 aromatic heterocycles. The number of nitriles is 1. The average molecular weight is 622 g/mol. The van der Waals surface area contributed by atoms with Crippen LogP contribution in [0.25, 0.3) is 0 Å². The van der Waals surface area contributed by atoms with E-state index in [-0.39, 0.29) is 24.6 Å². The minimum atomic E-state index is -5.02. The van der Waals surface area contributed by atoms with Gasteiger partial charge in [-0.1, -0.05) is 32.1 Å². The zero-order valence-electron chi connectivity index (χ0n) is 23.3. The van der Waals surface area contributed by atoms with Gasteiger partial charge in [0.25, 0.3) is 16.1 Å². The molecule has 230 valence electrons. The van der Waals surface area contributed by atoms with E-state index in [1.807, 2.05) is 4.90 Å². The van der Waals surface area contributed by atoms with Crippen LogP contribution >= 0.6 is 0 Å². The summed E-state index contributed by atoms with van der Waals surface area (Å²) < 4.78 is 71.4. The largest absolute Gasteiger partial charge is 0.573 e. The van der Waals surface area contributed by atoms with Crippen LogP contribution in [0.5, 0.6) is 5.75 Å². The standard InChI is InChI=1S/C28H30F3N5O6S/c1-3-19(2)25(27(38)39)34-43(40,41)36-16-14-35(15-17-36)22-9-6-20(7-10-22)4-5-21-8-11-24(42-28(29,30)31)23(18-21)26(37)33-13-12-32/h6-11,18-19,25,34H,3,13-17H2,1-2H3,(H,33,37)(H,38,39)/t19?,25-/m1/s1. The molecule has 43 heavy (non-hydrogen) atoms. The van der Waals surface area contributed by atoms with E-state index in [1.165, 1.54) is 10.4 Å². The fourth-order valence-electron chi connectivity index (χ4n) is 4.18. The Labute approximate surface area is 247 Å². The molecule has 15 heteroatoms. The average Bonchev–Trinajstić information content (AvgIpc) is 2.97. The Balaban J connectivity index is 1.67. The number of carboxylic acids is 1. The van der Waals surface area contributed by atoms with Crippen molar-refractivity contribution in [3.63, 3.8) is 0 Å². The number of benzene rings is 2. The number of ether oxygens (including phenoxy) is 1. The quantitative estimate of drug-likeness (QED) is 0.271. The number of halogens is 3. The highest BCUT2D eigenvalue weighted by molar-refractivity contribution is 7.87. The van der Waals surface area contributed by atoms with Gasteiger partial charge in [-0.2, -0.15) is 22.7 Å². The number of amides is 1. The van der Waals surface area contributed by atoms with Crippen LogP contribution in [-0.4, -0.2) is 74.8 Å². The number of alkyl halides is 3. The lowest BCUT2D eigenvalue weighted by Gasteiger charge is -2.36. The van der Waals surface area contributed by atoms with Crippen molar-refractivity contribution < 1.29 is 41.0 Å². The van der Waals surface area contributed by atoms with Crippen molar-refractivity contribution in [2.75, 3.05) is 37.6 Å². The zero-order valence-corrected chi connectivity index (χ0v) is 24.1. The van der Waals surface area contributed by atoms with Crippen LogP contribution in [0.4, 0.5) is 18.9 Å². The van der Waals surface area contributed by atoms with Gasteiger partial charge in [-0.05, 0) is 48.4 Å². The van der Waals surface area contributed by atoms with E-state index in [4.69, 9.17) is 5.26 Å². The third kappa shape index (κ3) is 9.34. The van der Waals surface area contributed by atoms with Crippen molar-refractivity contribution in [2.45, 2.75) is 32.7 Å². The summed E-state index contributed by atoms with van der Waals surface area (Å²) in [7, 11) is -4.00. The maximum absolute atomic E-state index is 12.8. The first-order chi connectivity index (χ1) is 20.2. The molecule has 3 N–H and O–H groups in total. The number of carboxylic acid groups (broad SMARTS) is 1. The molecule has 1 heterocycles. The molecule has 1 amide bonds. The lowest BCUT2D eigenvalue weighted by molar-refractivity contribution is -0.274. The fourth-order valence-corrected chi connectivity index (χ4v) is 5.63. The van der Waals surface area contributed by atoms with Crippen LogP contribution in [0.3, 0.4) is 0 Å². The molecule has 2 aromatic carbocycles. The highest BCUT2D eigenvalue weighted by Gasteiger charge is 2.34. The molecule has 1 fully saturated rings. The molecule has 0 bridgehead atoms. The van der Waals surface area contributed by atoms with E-state index < -0.39 is 52.3 Å². The molecule has 11 nitrogen and oxygen atoms in total. The van der Waals surface area contributed by atoms with Gasteiger partial charge < -0.3 is 20.1 Å². The molecule has 0 spiro atoms. The molecule has 0 saturated carbocycles. The molecule has 1 aliphatic rings. The summed E-state index contributed by atoms with van der Waals surface area (Å²) in [6.07, 6.45) is -4.52. The Morgan fingerprint density at radius 3 is 2.23 bits per heavy atom. The molecule has 2 aromatic rings. The fraction of sp³-hybridized carbons (Fsp3) is 0.393. The third-order valence-corrected chi connectivity index (χ3v) is 8.29. The van der Waals surface area contributed by atoms with Gasteiger partial charge in [0, 0.05) is 43.0 Å². The van der Waals surface area contributed by atoms with Crippen LogP contribution in [-0.2, 0) is 15.0 Å². The number of hydrogen-bond donors (Lipinski definition) is 3. The maximum atomic E-state index is 12.8. The number of nitrogens with zero attached hydrogens (tertiary/aromatic N) is 3. The lowest BCUT2D eigenvalue weighted by atomic mass is 10.0. The second kappa shape index (κ2) is 14.2. The molecule has 3 rings (SSSR count). The molecular weight excluding hydrogens is 591 g/mol.